The molecular weight excluding hydrogens is 216 g/mol. The molecule has 0 aromatic carbocycles. The lowest BCUT2D eigenvalue weighted by molar-refractivity contribution is -0.385. The van der Waals surface area contributed by atoms with E-state index in [9.17, 15) is 19.7 Å². The van der Waals surface area contributed by atoms with E-state index in [1.807, 2.05) is 0 Å². The number of hydrogen-bond acceptors (Lipinski definition) is 4. The van der Waals surface area contributed by atoms with Crippen molar-refractivity contribution in [1.82, 2.24) is 4.57 Å². The van der Waals surface area contributed by atoms with E-state index in [4.69, 9.17) is 5.11 Å². The third-order valence-corrected chi connectivity index (χ3v) is 1.74. The average Bonchev–Trinajstić information content (AvgIpc) is 2.20. The van der Waals surface area contributed by atoms with Gasteiger partial charge in [0.2, 0.25) is 0 Å². The summed E-state index contributed by atoms with van der Waals surface area (Å²) in [4.78, 5) is 31.2. The Morgan fingerprint density at radius 3 is 2.81 bits per heavy atom. The van der Waals surface area contributed by atoms with Crippen LogP contribution in [0.4, 0.5) is 5.69 Å². The summed E-state index contributed by atoms with van der Waals surface area (Å²) in [5, 5.41) is 18.7. The first kappa shape index (κ1) is 11.6. The molecule has 0 radical (unpaired) electrons. The minimum Gasteiger partial charge on any atom is -0.478 e. The minimum absolute atomic E-state index is 0.0210. The second kappa shape index (κ2) is 4.87. The van der Waals surface area contributed by atoms with Gasteiger partial charge in [-0.25, -0.2) is 4.79 Å². The maximum absolute atomic E-state index is 11.2. The predicted octanol–water partition coefficient (Wildman–Crippen LogP) is 0.397. The van der Waals surface area contributed by atoms with Crippen LogP contribution in [-0.4, -0.2) is 20.6 Å². The number of carboxylic acids is 1. The van der Waals surface area contributed by atoms with Crippen molar-refractivity contribution in [3.8, 4) is 0 Å². The quantitative estimate of drug-likeness (QED) is 0.453. The molecule has 0 atom stereocenters. The summed E-state index contributed by atoms with van der Waals surface area (Å²) in [6.45, 7) is -0.0210. The van der Waals surface area contributed by atoms with Gasteiger partial charge in [0, 0.05) is 24.8 Å². The zero-order chi connectivity index (χ0) is 12.1. The van der Waals surface area contributed by atoms with Gasteiger partial charge in [0.15, 0.2) is 0 Å². The molecule has 0 unspecified atom stereocenters. The molecule has 0 aliphatic heterocycles. The van der Waals surface area contributed by atoms with Crippen molar-refractivity contribution >= 4 is 11.7 Å². The minimum atomic E-state index is -1.14. The number of allylic oxidation sites excluding steroid dienone is 1. The Morgan fingerprint density at radius 1 is 1.56 bits per heavy atom. The molecule has 0 bridgehead atoms. The highest BCUT2D eigenvalue weighted by Crippen LogP contribution is 2.06. The molecule has 1 aromatic rings. The molecule has 0 aliphatic rings. The van der Waals surface area contributed by atoms with Gasteiger partial charge in [0.1, 0.15) is 0 Å². The molecule has 0 amide bonds. The zero-order valence-electron chi connectivity index (χ0n) is 8.07. The first-order valence-corrected chi connectivity index (χ1v) is 4.25. The van der Waals surface area contributed by atoms with Crippen molar-refractivity contribution in [1.29, 1.82) is 0 Å². The molecule has 0 aliphatic carbocycles. The summed E-state index contributed by atoms with van der Waals surface area (Å²) in [6, 6.07) is 2.16. The van der Waals surface area contributed by atoms with E-state index in [-0.39, 0.29) is 12.2 Å². The number of rotatable bonds is 4. The Hall–Kier alpha value is -2.44. The van der Waals surface area contributed by atoms with Gasteiger partial charge in [-0.2, -0.15) is 0 Å². The number of carbonyl (C=O) groups is 1. The summed E-state index contributed by atoms with van der Waals surface area (Å²) in [7, 11) is 0. The summed E-state index contributed by atoms with van der Waals surface area (Å²) in [5.41, 5.74) is -0.649. The Bertz CT molecular complexity index is 503. The van der Waals surface area contributed by atoms with E-state index in [0.29, 0.717) is 0 Å². The molecule has 1 rings (SSSR count). The Kier molecular flexibility index (Phi) is 3.54. The highest BCUT2D eigenvalue weighted by atomic mass is 16.6. The lowest BCUT2D eigenvalue weighted by Gasteiger charge is -2.00. The van der Waals surface area contributed by atoms with E-state index in [0.717, 1.165) is 29.0 Å². The fourth-order valence-electron chi connectivity index (χ4n) is 1.04. The maximum atomic E-state index is 11.2. The molecule has 7 nitrogen and oxygen atoms in total. The van der Waals surface area contributed by atoms with Gasteiger partial charge >= 0.3 is 5.97 Å². The maximum Gasteiger partial charge on any atom is 0.328 e. The molecular formula is C9H8N2O5. The number of aliphatic carboxylic acids is 1. The summed E-state index contributed by atoms with van der Waals surface area (Å²) in [5.74, 6) is -1.14. The SMILES string of the molecule is O=C(O)C=CCn1cc([N+](=O)[O-])ccc1=O. The Balaban J connectivity index is 2.95. The lowest BCUT2D eigenvalue weighted by atomic mass is 10.4. The largest absolute Gasteiger partial charge is 0.478 e. The van der Waals surface area contributed by atoms with Gasteiger partial charge in [-0.15, -0.1) is 0 Å². The molecule has 0 spiro atoms. The van der Waals surface area contributed by atoms with Crippen LogP contribution in [0.1, 0.15) is 0 Å². The van der Waals surface area contributed by atoms with E-state index >= 15 is 0 Å². The number of pyridine rings is 1. The predicted molar refractivity (Wildman–Crippen MR) is 54.1 cm³/mol. The zero-order valence-corrected chi connectivity index (χ0v) is 8.07. The highest BCUT2D eigenvalue weighted by molar-refractivity contribution is 5.79. The second-order valence-electron chi connectivity index (χ2n) is 2.88. The number of aromatic nitrogens is 1. The molecule has 1 heterocycles. The number of hydrogen-bond donors (Lipinski definition) is 1. The standard InChI is InChI=1S/C9H8N2O5/c12-8-4-3-7(11(15)16)6-10(8)5-1-2-9(13)14/h1-4,6H,5H2,(H,13,14). The van der Waals surface area contributed by atoms with Crippen LogP contribution < -0.4 is 5.56 Å². The van der Waals surface area contributed by atoms with Crippen LogP contribution in [0, 0.1) is 10.1 Å². The lowest BCUT2D eigenvalue weighted by Crippen LogP contribution is -2.18. The van der Waals surface area contributed by atoms with E-state index in [2.05, 4.69) is 0 Å². The smallest absolute Gasteiger partial charge is 0.328 e. The van der Waals surface area contributed by atoms with Crippen LogP contribution in [0.15, 0.2) is 35.3 Å². The second-order valence-corrected chi connectivity index (χ2v) is 2.88. The first-order chi connectivity index (χ1) is 7.50. The fraction of sp³-hybridized carbons (Fsp3) is 0.111. The van der Waals surface area contributed by atoms with Crippen molar-refractivity contribution in [2.75, 3.05) is 0 Å². The van der Waals surface area contributed by atoms with Crippen molar-refractivity contribution in [2.45, 2.75) is 6.54 Å². The highest BCUT2D eigenvalue weighted by Gasteiger charge is 2.06. The molecule has 0 saturated heterocycles. The molecule has 1 N–H and O–H groups in total. The molecule has 0 fully saturated rings. The van der Waals surface area contributed by atoms with Crippen LogP contribution in [0.2, 0.25) is 0 Å². The first-order valence-electron chi connectivity index (χ1n) is 4.25. The van der Waals surface area contributed by atoms with Gasteiger partial charge < -0.3 is 9.67 Å². The van der Waals surface area contributed by atoms with Crippen LogP contribution in [-0.2, 0) is 11.3 Å². The number of nitrogens with zero attached hydrogens (tertiary/aromatic N) is 2. The number of carboxylic acid groups (broad SMARTS) is 1. The number of nitro groups is 1. The summed E-state index contributed by atoms with van der Waals surface area (Å²) >= 11 is 0. The monoisotopic (exact) mass is 224 g/mol. The molecule has 1 aromatic heterocycles. The topological polar surface area (TPSA) is 102 Å². The summed E-state index contributed by atoms with van der Waals surface area (Å²) < 4.78 is 1.05. The normalized spacial score (nSPS) is 10.5. The molecule has 16 heavy (non-hydrogen) atoms. The van der Waals surface area contributed by atoms with Crippen molar-refractivity contribution < 1.29 is 14.8 Å². The van der Waals surface area contributed by atoms with Gasteiger partial charge in [-0.1, -0.05) is 6.08 Å². The Labute approximate surface area is 89.4 Å². The van der Waals surface area contributed by atoms with Crippen LogP contribution in [0.5, 0.6) is 0 Å². The van der Waals surface area contributed by atoms with Gasteiger partial charge in [0.05, 0.1) is 11.1 Å². The van der Waals surface area contributed by atoms with E-state index in [1.54, 1.807) is 0 Å². The molecule has 84 valence electrons. The van der Waals surface area contributed by atoms with E-state index < -0.39 is 16.5 Å². The Morgan fingerprint density at radius 2 is 2.25 bits per heavy atom. The molecule has 7 heteroatoms. The fourth-order valence-corrected chi connectivity index (χ4v) is 1.04. The third-order valence-electron chi connectivity index (χ3n) is 1.74. The van der Waals surface area contributed by atoms with Crippen molar-refractivity contribution in [2.24, 2.45) is 0 Å². The van der Waals surface area contributed by atoms with Crippen molar-refractivity contribution in [3.05, 3.63) is 50.9 Å². The van der Waals surface area contributed by atoms with Gasteiger partial charge in [0.25, 0.3) is 11.2 Å². The van der Waals surface area contributed by atoms with Crippen molar-refractivity contribution in [3.63, 3.8) is 0 Å². The molecule has 0 saturated carbocycles. The third kappa shape index (κ3) is 3.05. The average molecular weight is 224 g/mol. The van der Waals surface area contributed by atoms with Crippen LogP contribution in [0.25, 0.3) is 0 Å². The van der Waals surface area contributed by atoms with Crippen LogP contribution in [0.3, 0.4) is 0 Å². The summed E-state index contributed by atoms with van der Waals surface area (Å²) in [6.07, 6.45) is 3.16. The van der Waals surface area contributed by atoms with Gasteiger partial charge in [-0.3, -0.25) is 14.9 Å². The van der Waals surface area contributed by atoms with Gasteiger partial charge in [-0.05, 0) is 0 Å². The van der Waals surface area contributed by atoms with Crippen LogP contribution >= 0.6 is 0 Å². The van der Waals surface area contributed by atoms with E-state index in [1.165, 1.54) is 6.08 Å².